The van der Waals surface area contributed by atoms with Crippen molar-refractivity contribution in [3.05, 3.63) is 35.9 Å². The molecule has 1 aromatic rings. The van der Waals surface area contributed by atoms with Crippen LogP contribution in [0.2, 0.25) is 0 Å². The molecule has 0 aliphatic carbocycles. The summed E-state index contributed by atoms with van der Waals surface area (Å²) in [5.41, 5.74) is 1.30. The molecule has 0 aliphatic rings. The predicted octanol–water partition coefficient (Wildman–Crippen LogP) is 2.32. The summed E-state index contributed by atoms with van der Waals surface area (Å²) < 4.78 is 0. The van der Waals surface area contributed by atoms with Gasteiger partial charge in [-0.15, -0.1) is 0 Å². The normalized spacial score (nSPS) is 14.2. The second-order valence-corrected chi connectivity index (χ2v) is 5.36. The molecule has 2 atom stereocenters. The lowest BCUT2D eigenvalue weighted by Gasteiger charge is -2.25. The van der Waals surface area contributed by atoms with E-state index in [0.717, 1.165) is 12.8 Å². The topological polar surface area (TPSA) is 32.3 Å². The van der Waals surface area contributed by atoms with Crippen LogP contribution in [0.4, 0.5) is 0 Å². The van der Waals surface area contributed by atoms with E-state index in [0.29, 0.717) is 12.6 Å². The Bertz CT molecular complexity index is 376. The number of benzene rings is 1. The minimum absolute atomic E-state index is 0.0968. The maximum atomic E-state index is 11.8. The van der Waals surface area contributed by atoms with E-state index in [1.165, 1.54) is 5.56 Å². The third kappa shape index (κ3) is 5.43. The molecular formula is C16H26N2O. The molecule has 0 heterocycles. The highest BCUT2D eigenvalue weighted by Crippen LogP contribution is 2.07. The molecule has 106 valence electrons. The minimum Gasteiger partial charge on any atom is -0.354 e. The number of carbonyl (C=O) groups excluding carboxylic acids is 1. The third-order valence-corrected chi connectivity index (χ3v) is 3.62. The first-order valence-corrected chi connectivity index (χ1v) is 7.02. The highest BCUT2D eigenvalue weighted by molar-refractivity contribution is 5.78. The fourth-order valence-electron chi connectivity index (χ4n) is 1.90. The van der Waals surface area contributed by atoms with Crippen molar-refractivity contribution in [1.29, 1.82) is 0 Å². The number of carbonyl (C=O) groups is 1. The first-order chi connectivity index (χ1) is 9.04. The average molecular weight is 262 g/mol. The van der Waals surface area contributed by atoms with Crippen LogP contribution in [0.3, 0.4) is 0 Å². The summed E-state index contributed by atoms with van der Waals surface area (Å²) in [6, 6.07) is 10.7. The zero-order chi connectivity index (χ0) is 14.3. The summed E-state index contributed by atoms with van der Waals surface area (Å²) in [5.74, 6) is 0.252. The minimum atomic E-state index is 0.0968. The van der Waals surface area contributed by atoms with E-state index in [1.807, 2.05) is 19.9 Å². The van der Waals surface area contributed by atoms with Gasteiger partial charge in [0, 0.05) is 18.5 Å². The number of hydrogen-bond donors (Lipinski definition) is 1. The number of nitrogens with zero attached hydrogens (tertiary/aromatic N) is 1. The average Bonchev–Trinajstić information content (AvgIpc) is 2.42. The SMILES string of the molecule is CC[C@@H](C)C(=O)NC[C@H](Cc1ccccc1)N(C)C. The van der Waals surface area contributed by atoms with E-state index >= 15 is 0 Å². The Morgan fingerprint density at radius 1 is 1.26 bits per heavy atom. The highest BCUT2D eigenvalue weighted by atomic mass is 16.1. The monoisotopic (exact) mass is 262 g/mol. The molecule has 0 unspecified atom stereocenters. The molecule has 1 aromatic carbocycles. The molecule has 1 amide bonds. The van der Waals surface area contributed by atoms with Gasteiger partial charge in [0.15, 0.2) is 0 Å². The van der Waals surface area contributed by atoms with Crippen LogP contribution in [0.15, 0.2) is 30.3 Å². The first kappa shape index (κ1) is 15.7. The molecule has 3 heteroatoms. The van der Waals surface area contributed by atoms with Gasteiger partial charge < -0.3 is 10.2 Å². The number of rotatable bonds is 7. The van der Waals surface area contributed by atoms with Crippen molar-refractivity contribution in [2.45, 2.75) is 32.7 Å². The predicted molar refractivity (Wildman–Crippen MR) is 80.1 cm³/mol. The molecule has 1 rings (SSSR count). The molecule has 0 radical (unpaired) electrons. The fraction of sp³-hybridized carbons (Fsp3) is 0.562. The number of hydrogen-bond acceptors (Lipinski definition) is 2. The summed E-state index contributed by atoms with van der Waals surface area (Å²) in [5, 5.41) is 3.05. The molecule has 0 spiro atoms. The van der Waals surface area contributed by atoms with Crippen molar-refractivity contribution >= 4 is 5.91 Å². The smallest absolute Gasteiger partial charge is 0.222 e. The Kier molecular flexibility index (Phi) is 6.57. The van der Waals surface area contributed by atoms with E-state index in [4.69, 9.17) is 0 Å². The summed E-state index contributed by atoms with van der Waals surface area (Å²) in [6.45, 7) is 4.71. The maximum absolute atomic E-state index is 11.8. The molecule has 0 aromatic heterocycles. The Balaban J connectivity index is 2.52. The summed E-state index contributed by atoms with van der Waals surface area (Å²) >= 11 is 0. The molecule has 1 N–H and O–H groups in total. The number of likely N-dealkylation sites (N-methyl/N-ethyl adjacent to an activating group) is 1. The van der Waals surface area contributed by atoms with E-state index in [2.05, 4.69) is 48.6 Å². The second-order valence-electron chi connectivity index (χ2n) is 5.36. The zero-order valence-electron chi connectivity index (χ0n) is 12.5. The largest absolute Gasteiger partial charge is 0.354 e. The molecular weight excluding hydrogens is 236 g/mol. The molecule has 0 aliphatic heterocycles. The summed E-state index contributed by atoms with van der Waals surface area (Å²) in [7, 11) is 4.12. The second kappa shape index (κ2) is 7.95. The Morgan fingerprint density at radius 2 is 1.89 bits per heavy atom. The van der Waals surface area contributed by atoms with Crippen molar-refractivity contribution in [2.24, 2.45) is 5.92 Å². The van der Waals surface area contributed by atoms with Gasteiger partial charge in [0.05, 0.1) is 0 Å². The van der Waals surface area contributed by atoms with Gasteiger partial charge >= 0.3 is 0 Å². The molecule has 19 heavy (non-hydrogen) atoms. The maximum Gasteiger partial charge on any atom is 0.222 e. The Labute approximate surface area is 117 Å². The van der Waals surface area contributed by atoms with Crippen LogP contribution < -0.4 is 5.32 Å². The number of nitrogens with one attached hydrogen (secondary N) is 1. The van der Waals surface area contributed by atoms with Crippen LogP contribution in [0.1, 0.15) is 25.8 Å². The van der Waals surface area contributed by atoms with Crippen LogP contribution in [0.25, 0.3) is 0 Å². The van der Waals surface area contributed by atoms with Gasteiger partial charge in [-0.1, -0.05) is 44.2 Å². The zero-order valence-corrected chi connectivity index (χ0v) is 12.5. The van der Waals surface area contributed by atoms with Crippen molar-refractivity contribution in [3.63, 3.8) is 0 Å². The fourth-order valence-corrected chi connectivity index (χ4v) is 1.90. The van der Waals surface area contributed by atoms with Crippen LogP contribution in [0, 0.1) is 5.92 Å². The number of amides is 1. The van der Waals surface area contributed by atoms with Crippen molar-refractivity contribution in [2.75, 3.05) is 20.6 Å². The van der Waals surface area contributed by atoms with E-state index in [9.17, 15) is 4.79 Å². The summed E-state index contributed by atoms with van der Waals surface area (Å²) in [4.78, 5) is 14.0. The van der Waals surface area contributed by atoms with E-state index < -0.39 is 0 Å². The van der Waals surface area contributed by atoms with Gasteiger partial charge in [-0.05, 0) is 32.5 Å². The molecule has 0 fully saturated rings. The molecule has 0 bridgehead atoms. The summed E-state index contributed by atoms with van der Waals surface area (Å²) in [6.07, 6.45) is 1.84. The van der Waals surface area contributed by atoms with Crippen LogP contribution in [-0.4, -0.2) is 37.5 Å². The van der Waals surface area contributed by atoms with Gasteiger partial charge in [-0.25, -0.2) is 0 Å². The van der Waals surface area contributed by atoms with Gasteiger partial charge in [0.2, 0.25) is 5.91 Å². The standard InChI is InChI=1S/C16H26N2O/c1-5-13(2)16(19)17-12-15(18(3)4)11-14-9-7-6-8-10-14/h6-10,13,15H,5,11-12H2,1-4H3,(H,17,19)/t13-,15+/m1/s1. The van der Waals surface area contributed by atoms with Crippen LogP contribution >= 0.6 is 0 Å². The lowest BCUT2D eigenvalue weighted by molar-refractivity contribution is -0.124. The Morgan fingerprint density at radius 3 is 2.42 bits per heavy atom. The highest BCUT2D eigenvalue weighted by Gasteiger charge is 2.15. The van der Waals surface area contributed by atoms with Crippen molar-refractivity contribution < 1.29 is 4.79 Å². The van der Waals surface area contributed by atoms with E-state index in [1.54, 1.807) is 0 Å². The quantitative estimate of drug-likeness (QED) is 0.818. The van der Waals surface area contributed by atoms with Crippen molar-refractivity contribution in [1.82, 2.24) is 10.2 Å². The lowest BCUT2D eigenvalue weighted by atomic mass is 10.0. The van der Waals surface area contributed by atoms with E-state index in [-0.39, 0.29) is 11.8 Å². The van der Waals surface area contributed by atoms with Gasteiger partial charge in [0.1, 0.15) is 0 Å². The molecule has 3 nitrogen and oxygen atoms in total. The van der Waals surface area contributed by atoms with Crippen molar-refractivity contribution in [3.8, 4) is 0 Å². The van der Waals surface area contributed by atoms with Crippen LogP contribution in [-0.2, 0) is 11.2 Å². The molecule has 0 saturated heterocycles. The van der Waals surface area contributed by atoms with Gasteiger partial charge in [0.25, 0.3) is 0 Å². The van der Waals surface area contributed by atoms with Crippen LogP contribution in [0.5, 0.6) is 0 Å². The van der Waals surface area contributed by atoms with Gasteiger partial charge in [-0.2, -0.15) is 0 Å². The van der Waals surface area contributed by atoms with Gasteiger partial charge in [-0.3, -0.25) is 4.79 Å². The Hall–Kier alpha value is -1.35. The lowest BCUT2D eigenvalue weighted by Crippen LogP contribution is -2.43. The third-order valence-electron chi connectivity index (χ3n) is 3.62. The molecule has 0 saturated carbocycles. The first-order valence-electron chi connectivity index (χ1n) is 7.02.